The molecule has 1 fully saturated rings. The monoisotopic (exact) mass is 510 g/mol. The van der Waals surface area contributed by atoms with Crippen LogP contribution in [-0.2, 0) is 9.59 Å². The molecule has 0 bridgehead atoms. The molecule has 0 spiro atoms. The van der Waals surface area contributed by atoms with Gasteiger partial charge in [0.1, 0.15) is 17.4 Å². The number of rotatable bonds is 11. The molecule has 0 aliphatic carbocycles. The second-order valence-corrected chi connectivity index (χ2v) is 8.81. The molecule has 0 radical (unpaired) electrons. The van der Waals surface area contributed by atoms with Crippen LogP contribution in [0.5, 0.6) is 5.75 Å². The number of ether oxygens (including phenoxy) is 1. The molecule has 3 aromatic carbocycles. The number of nitrogens with one attached hydrogen (secondary N) is 1. The van der Waals surface area contributed by atoms with E-state index < -0.39 is 23.7 Å². The highest BCUT2D eigenvalue weighted by Crippen LogP contribution is 2.46. The van der Waals surface area contributed by atoms with Crippen molar-refractivity contribution in [1.82, 2.24) is 5.32 Å². The Kier molecular flexibility index (Phi) is 8.47. The molecule has 4 rings (SSSR count). The van der Waals surface area contributed by atoms with Gasteiger partial charge in [-0.2, -0.15) is 0 Å². The van der Waals surface area contributed by atoms with Crippen molar-refractivity contribution in [3.63, 3.8) is 0 Å². The van der Waals surface area contributed by atoms with Gasteiger partial charge in [-0.1, -0.05) is 24.3 Å². The summed E-state index contributed by atoms with van der Waals surface area (Å²) in [5, 5.41) is 21.9. The Bertz CT molecular complexity index is 1200. The van der Waals surface area contributed by atoms with Crippen LogP contribution in [-0.4, -0.2) is 41.8 Å². The lowest BCUT2D eigenvalue weighted by atomic mass is 9.78. The number of anilines is 1. The number of hydrogen-bond acceptors (Lipinski definition) is 5. The zero-order valence-electron chi connectivity index (χ0n) is 20.0. The maximum absolute atomic E-state index is 13.5. The number of benzene rings is 3. The molecule has 1 aliphatic rings. The first-order valence-corrected chi connectivity index (χ1v) is 12.0. The third kappa shape index (κ3) is 6.31. The molecular weight excluding hydrogens is 482 g/mol. The summed E-state index contributed by atoms with van der Waals surface area (Å²) in [5.74, 6) is -1.25. The molecule has 37 heavy (non-hydrogen) atoms. The highest BCUT2D eigenvalue weighted by molar-refractivity contribution is 6.03. The maximum Gasteiger partial charge on any atom is 0.258 e. The molecule has 1 heterocycles. The van der Waals surface area contributed by atoms with E-state index in [1.54, 1.807) is 41.3 Å². The summed E-state index contributed by atoms with van der Waals surface area (Å²) in [5.41, 5.74) is 1.96. The molecule has 0 saturated carbocycles. The van der Waals surface area contributed by atoms with E-state index in [1.807, 2.05) is 0 Å². The predicted molar refractivity (Wildman–Crippen MR) is 133 cm³/mol. The van der Waals surface area contributed by atoms with Crippen LogP contribution in [0.15, 0.2) is 72.8 Å². The molecule has 3 atom stereocenters. The van der Waals surface area contributed by atoms with Gasteiger partial charge in [-0.3, -0.25) is 9.59 Å². The summed E-state index contributed by atoms with van der Waals surface area (Å²) >= 11 is 0. The second-order valence-electron chi connectivity index (χ2n) is 8.81. The second kappa shape index (κ2) is 11.9. The highest BCUT2D eigenvalue weighted by atomic mass is 19.1. The fourth-order valence-corrected chi connectivity index (χ4v) is 4.45. The lowest BCUT2D eigenvalue weighted by Gasteiger charge is -2.48. The first-order chi connectivity index (χ1) is 17.9. The van der Waals surface area contributed by atoms with E-state index in [0.29, 0.717) is 29.8 Å². The van der Waals surface area contributed by atoms with E-state index in [2.05, 4.69) is 5.32 Å². The van der Waals surface area contributed by atoms with Crippen LogP contribution in [0, 0.1) is 17.6 Å². The molecule has 3 aromatic rings. The van der Waals surface area contributed by atoms with Crippen molar-refractivity contribution >= 4 is 17.5 Å². The van der Waals surface area contributed by atoms with Crippen molar-refractivity contribution in [1.29, 1.82) is 0 Å². The normalized spacial score (nSPS) is 17.7. The van der Waals surface area contributed by atoms with E-state index >= 15 is 0 Å². The van der Waals surface area contributed by atoms with Gasteiger partial charge in [-0.05, 0) is 72.5 Å². The molecule has 7 nitrogen and oxygen atoms in total. The minimum Gasteiger partial charge on any atom is -0.484 e. The average molecular weight is 511 g/mol. The fourth-order valence-electron chi connectivity index (χ4n) is 4.45. The van der Waals surface area contributed by atoms with Gasteiger partial charge in [0.2, 0.25) is 5.91 Å². The van der Waals surface area contributed by atoms with Crippen molar-refractivity contribution in [2.45, 2.75) is 25.0 Å². The maximum atomic E-state index is 13.5. The summed E-state index contributed by atoms with van der Waals surface area (Å²) in [6.45, 7) is -0.215. The summed E-state index contributed by atoms with van der Waals surface area (Å²) in [7, 11) is 0. The highest BCUT2D eigenvalue weighted by Gasteiger charge is 2.48. The molecule has 194 valence electrons. The lowest BCUT2D eigenvalue weighted by molar-refractivity contribution is -0.131. The van der Waals surface area contributed by atoms with Crippen LogP contribution in [0.4, 0.5) is 14.5 Å². The van der Waals surface area contributed by atoms with E-state index in [4.69, 9.17) is 9.84 Å². The number of β-lactam (4-membered cyclic amide) rings is 1. The van der Waals surface area contributed by atoms with Gasteiger partial charge in [0.25, 0.3) is 5.91 Å². The third-order valence-corrected chi connectivity index (χ3v) is 6.35. The Morgan fingerprint density at radius 1 is 0.973 bits per heavy atom. The topological polar surface area (TPSA) is 99.1 Å². The first-order valence-electron chi connectivity index (χ1n) is 12.0. The van der Waals surface area contributed by atoms with Crippen LogP contribution in [0.25, 0.3) is 0 Å². The van der Waals surface area contributed by atoms with E-state index in [0.717, 1.165) is 5.56 Å². The number of aliphatic hydroxyl groups excluding tert-OH is 2. The van der Waals surface area contributed by atoms with Gasteiger partial charge < -0.3 is 25.2 Å². The number of hydrogen-bond donors (Lipinski definition) is 3. The van der Waals surface area contributed by atoms with Crippen molar-refractivity contribution < 1.29 is 33.3 Å². The Labute approximate surface area is 213 Å². The van der Waals surface area contributed by atoms with Gasteiger partial charge in [-0.25, -0.2) is 8.78 Å². The number of aliphatic hydroxyl groups is 2. The summed E-state index contributed by atoms with van der Waals surface area (Å²) < 4.78 is 32.2. The number of carbonyl (C=O) groups excluding carboxylic acids is 2. The van der Waals surface area contributed by atoms with Crippen molar-refractivity contribution in [3.8, 4) is 5.75 Å². The van der Waals surface area contributed by atoms with Crippen LogP contribution in [0.3, 0.4) is 0 Å². The molecule has 1 aliphatic heterocycles. The van der Waals surface area contributed by atoms with Crippen LogP contribution < -0.4 is 15.0 Å². The number of halogens is 2. The molecule has 3 N–H and O–H groups in total. The minimum atomic E-state index is -0.846. The van der Waals surface area contributed by atoms with E-state index in [-0.39, 0.29) is 37.6 Å². The Morgan fingerprint density at radius 3 is 2.22 bits per heavy atom. The van der Waals surface area contributed by atoms with Crippen molar-refractivity contribution in [3.05, 3.63) is 95.6 Å². The first kappa shape index (κ1) is 26.2. The third-order valence-electron chi connectivity index (χ3n) is 6.35. The van der Waals surface area contributed by atoms with Gasteiger partial charge >= 0.3 is 0 Å². The fraction of sp³-hybridized carbons (Fsp3) is 0.286. The quantitative estimate of drug-likeness (QED) is 0.342. The molecule has 9 heteroatoms. The summed E-state index contributed by atoms with van der Waals surface area (Å²) in [4.78, 5) is 26.5. The number of amides is 2. The smallest absolute Gasteiger partial charge is 0.258 e. The van der Waals surface area contributed by atoms with E-state index in [1.165, 1.54) is 36.4 Å². The zero-order valence-corrected chi connectivity index (χ0v) is 20.0. The van der Waals surface area contributed by atoms with Crippen LogP contribution in [0.1, 0.15) is 36.1 Å². The molecular formula is C28H28F2N2O5. The largest absolute Gasteiger partial charge is 0.484 e. The van der Waals surface area contributed by atoms with Gasteiger partial charge in [0.05, 0.1) is 24.7 Å². The molecule has 1 saturated heterocycles. The Morgan fingerprint density at radius 2 is 1.59 bits per heavy atom. The average Bonchev–Trinajstić information content (AvgIpc) is 2.91. The summed E-state index contributed by atoms with van der Waals surface area (Å²) in [6.07, 6.45) is -0.148. The molecule has 0 aromatic heterocycles. The Balaban J connectivity index is 1.48. The van der Waals surface area contributed by atoms with Gasteiger partial charge in [0, 0.05) is 12.2 Å². The SMILES string of the molecule is O=C(COc1ccc(C2C(CCC(O)c3ccc(F)cc3)C(=O)N2c2ccc(F)cc2)cc1)NCCO. The van der Waals surface area contributed by atoms with Gasteiger partial charge in [-0.15, -0.1) is 0 Å². The Hall–Kier alpha value is -3.82. The molecule has 2 amide bonds. The number of carbonyl (C=O) groups is 2. The standard InChI is InChI=1S/C28H28F2N2O5/c29-20-5-1-18(2-6-20)25(34)14-13-24-27(32(28(24)36)22-9-7-21(30)8-10-22)19-3-11-23(12-4-19)37-17-26(35)31-15-16-33/h1-12,24-25,27,33-34H,13-17H2,(H,31,35). The predicted octanol–water partition coefficient (Wildman–Crippen LogP) is 3.67. The van der Waals surface area contributed by atoms with Crippen LogP contribution in [0.2, 0.25) is 0 Å². The number of nitrogens with zero attached hydrogens (tertiary/aromatic N) is 1. The van der Waals surface area contributed by atoms with E-state index in [9.17, 15) is 23.5 Å². The van der Waals surface area contributed by atoms with Crippen molar-refractivity contribution in [2.75, 3.05) is 24.7 Å². The zero-order chi connectivity index (χ0) is 26.4. The molecule has 3 unspecified atom stereocenters. The van der Waals surface area contributed by atoms with Gasteiger partial charge in [0.15, 0.2) is 6.61 Å². The van der Waals surface area contributed by atoms with Crippen LogP contribution >= 0.6 is 0 Å². The van der Waals surface area contributed by atoms with Crippen molar-refractivity contribution in [2.24, 2.45) is 5.92 Å². The lowest BCUT2D eigenvalue weighted by Crippen LogP contribution is -2.55. The summed E-state index contributed by atoms with van der Waals surface area (Å²) in [6, 6.07) is 18.0. The minimum absolute atomic E-state index is 0.135.